The number of piperidine rings is 1. The molecule has 188 valence electrons. The average Bonchev–Trinajstić information content (AvgIpc) is 3.21. The summed E-state index contributed by atoms with van der Waals surface area (Å²) < 4.78 is 41.2. The van der Waals surface area contributed by atoms with E-state index in [2.05, 4.69) is 35.4 Å². The predicted octanol–water partition coefficient (Wildman–Crippen LogP) is 4.77. The van der Waals surface area contributed by atoms with Crippen LogP contribution in [0.4, 0.5) is 8.78 Å². The summed E-state index contributed by atoms with van der Waals surface area (Å²) in [4.78, 5) is 19.8. The van der Waals surface area contributed by atoms with Crippen LogP contribution in [0.3, 0.4) is 0 Å². The van der Waals surface area contributed by atoms with Crippen LogP contribution in [-0.4, -0.2) is 66.6 Å². The van der Waals surface area contributed by atoms with Crippen molar-refractivity contribution in [2.45, 2.75) is 45.9 Å². The molecule has 10 heteroatoms. The van der Waals surface area contributed by atoms with E-state index >= 15 is 0 Å². The van der Waals surface area contributed by atoms with Gasteiger partial charge in [-0.15, -0.1) is 11.3 Å². The highest BCUT2D eigenvalue weighted by molar-refractivity contribution is 7.15. The molecule has 0 spiro atoms. The Morgan fingerprint density at radius 1 is 1.32 bits per heavy atom. The van der Waals surface area contributed by atoms with E-state index in [0.717, 1.165) is 4.88 Å². The van der Waals surface area contributed by atoms with Gasteiger partial charge in [-0.1, -0.05) is 32.9 Å². The van der Waals surface area contributed by atoms with Gasteiger partial charge in [0, 0.05) is 37.8 Å². The number of para-hydroxylation sites is 1. The summed E-state index contributed by atoms with van der Waals surface area (Å²) in [6, 6.07) is 6.55. The Hall–Kier alpha value is -2.14. The lowest BCUT2D eigenvalue weighted by Crippen LogP contribution is -2.59. The maximum Gasteiger partial charge on any atom is 0.387 e. The minimum Gasteiger partial charge on any atom is -0.479 e. The molecule has 1 aliphatic heterocycles. The van der Waals surface area contributed by atoms with E-state index in [9.17, 15) is 18.7 Å². The van der Waals surface area contributed by atoms with Crippen LogP contribution in [0.25, 0.3) is 10.6 Å². The zero-order valence-electron chi connectivity index (χ0n) is 19.9. The summed E-state index contributed by atoms with van der Waals surface area (Å²) in [5.74, 6) is -0.821. The normalized spacial score (nSPS) is 21.7. The van der Waals surface area contributed by atoms with Crippen molar-refractivity contribution in [2.75, 3.05) is 33.4 Å². The number of aromatic nitrogens is 1. The van der Waals surface area contributed by atoms with Crippen LogP contribution < -0.4 is 4.74 Å². The molecule has 1 N–H and O–H groups in total. The number of halogens is 2. The van der Waals surface area contributed by atoms with E-state index in [0.29, 0.717) is 36.7 Å². The molecular formula is C24H32F2N2O5S. The molecule has 0 bridgehead atoms. The molecule has 0 amide bonds. The summed E-state index contributed by atoms with van der Waals surface area (Å²) >= 11 is 1.37. The molecule has 1 fully saturated rings. The van der Waals surface area contributed by atoms with Crippen molar-refractivity contribution in [3.63, 3.8) is 0 Å². The number of methoxy groups -OCH3 is 1. The quantitative estimate of drug-likeness (QED) is 0.473. The fraction of sp³-hybridized carbons (Fsp3) is 0.583. The molecule has 1 saturated heterocycles. The highest BCUT2D eigenvalue weighted by Gasteiger charge is 2.49. The molecule has 2 atom stereocenters. The van der Waals surface area contributed by atoms with Gasteiger partial charge in [-0.25, -0.2) is 9.78 Å². The topological polar surface area (TPSA) is 81.1 Å². The smallest absolute Gasteiger partial charge is 0.387 e. The highest BCUT2D eigenvalue weighted by Crippen LogP contribution is 2.40. The first-order valence-electron chi connectivity index (χ1n) is 11.1. The Morgan fingerprint density at radius 2 is 2.06 bits per heavy atom. The molecule has 3 rings (SSSR count). The maximum atomic E-state index is 12.8. The molecule has 2 heterocycles. The van der Waals surface area contributed by atoms with Crippen molar-refractivity contribution in [2.24, 2.45) is 11.3 Å². The first-order valence-corrected chi connectivity index (χ1v) is 11.9. The van der Waals surface area contributed by atoms with Crippen molar-refractivity contribution in [3.05, 3.63) is 35.3 Å². The summed E-state index contributed by atoms with van der Waals surface area (Å²) in [7, 11) is 1.55. The Labute approximate surface area is 202 Å². The molecule has 0 saturated carbocycles. The standard InChI is InChI=1S/C24H32F2N2O5S/c1-23(2,3)16-11-24(21(29)30,32-10-9-31-4)15-28(13-16)14-17-12-27-20(34-17)18-7-5-6-8-19(18)33-22(25)26/h5-8,12,16,22H,9-11,13-15H2,1-4H3,(H,29,30)/t16-,24+/m1/s1. The largest absolute Gasteiger partial charge is 0.479 e. The zero-order chi connectivity index (χ0) is 24.9. The van der Waals surface area contributed by atoms with Crippen LogP contribution in [-0.2, 0) is 20.8 Å². The molecule has 7 nitrogen and oxygen atoms in total. The minimum absolute atomic E-state index is 0.0700. The van der Waals surface area contributed by atoms with Gasteiger partial charge < -0.3 is 19.3 Å². The van der Waals surface area contributed by atoms with Gasteiger partial charge in [0.25, 0.3) is 0 Å². The number of carbonyl (C=O) groups is 1. The van der Waals surface area contributed by atoms with Gasteiger partial charge in [0.2, 0.25) is 0 Å². The number of likely N-dealkylation sites (tertiary alicyclic amines) is 1. The van der Waals surface area contributed by atoms with Crippen molar-refractivity contribution in [1.29, 1.82) is 0 Å². The van der Waals surface area contributed by atoms with Crippen molar-refractivity contribution in [3.8, 4) is 16.3 Å². The number of carboxylic acid groups (broad SMARTS) is 1. The molecule has 1 aliphatic rings. The Kier molecular flexibility index (Phi) is 8.62. The first kappa shape index (κ1) is 26.5. The van der Waals surface area contributed by atoms with Gasteiger partial charge in [-0.05, 0) is 29.9 Å². The van der Waals surface area contributed by atoms with Gasteiger partial charge in [-0.3, -0.25) is 4.90 Å². The fourth-order valence-corrected chi connectivity index (χ4v) is 5.16. The van der Waals surface area contributed by atoms with Crippen LogP contribution in [0, 0.1) is 11.3 Å². The summed E-state index contributed by atoms with van der Waals surface area (Å²) in [5, 5.41) is 10.7. The van der Waals surface area contributed by atoms with E-state index in [1.165, 1.54) is 17.4 Å². The fourth-order valence-electron chi connectivity index (χ4n) is 4.17. The van der Waals surface area contributed by atoms with Crippen LogP contribution in [0.5, 0.6) is 5.75 Å². The second-order valence-corrected chi connectivity index (χ2v) is 10.7. The molecule has 0 radical (unpaired) electrons. The number of benzene rings is 1. The van der Waals surface area contributed by atoms with Gasteiger partial charge in [0.05, 0.1) is 18.8 Å². The summed E-state index contributed by atoms with van der Waals surface area (Å²) in [6.45, 7) is 5.32. The number of rotatable bonds is 10. The molecule has 34 heavy (non-hydrogen) atoms. The van der Waals surface area contributed by atoms with Crippen LogP contribution in [0.15, 0.2) is 30.5 Å². The molecular weight excluding hydrogens is 466 g/mol. The third-order valence-corrected chi connectivity index (χ3v) is 7.10. The van der Waals surface area contributed by atoms with Gasteiger partial charge in [0.15, 0.2) is 5.60 Å². The van der Waals surface area contributed by atoms with E-state index in [-0.39, 0.29) is 30.2 Å². The van der Waals surface area contributed by atoms with Gasteiger partial charge in [-0.2, -0.15) is 8.78 Å². The Bertz CT molecular complexity index is 965. The van der Waals surface area contributed by atoms with E-state index in [1.54, 1.807) is 31.5 Å². The zero-order valence-corrected chi connectivity index (χ0v) is 20.7. The Balaban J connectivity index is 1.83. The van der Waals surface area contributed by atoms with Gasteiger partial charge in [0.1, 0.15) is 10.8 Å². The number of carboxylic acids is 1. The van der Waals surface area contributed by atoms with Gasteiger partial charge >= 0.3 is 12.6 Å². The number of nitrogens with zero attached hydrogens (tertiary/aromatic N) is 2. The number of ether oxygens (including phenoxy) is 3. The minimum atomic E-state index is -2.93. The molecule has 2 aromatic rings. The molecule has 0 aliphatic carbocycles. The number of hydrogen-bond donors (Lipinski definition) is 1. The van der Waals surface area contributed by atoms with Crippen LogP contribution in [0.2, 0.25) is 0 Å². The van der Waals surface area contributed by atoms with Crippen molar-refractivity contribution >= 4 is 17.3 Å². The second kappa shape index (κ2) is 11.1. The second-order valence-electron chi connectivity index (χ2n) is 9.58. The number of hydrogen-bond acceptors (Lipinski definition) is 7. The lowest BCUT2D eigenvalue weighted by atomic mass is 9.71. The number of alkyl halides is 2. The third kappa shape index (κ3) is 6.50. The number of aliphatic carboxylic acids is 1. The molecule has 1 aromatic heterocycles. The lowest BCUT2D eigenvalue weighted by Gasteiger charge is -2.47. The van der Waals surface area contributed by atoms with E-state index in [4.69, 9.17) is 9.47 Å². The number of thiazole rings is 1. The highest BCUT2D eigenvalue weighted by atomic mass is 32.1. The predicted molar refractivity (Wildman–Crippen MR) is 125 cm³/mol. The van der Waals surface area contributed by atoms with E-state index in [1.807, 2.05) is 0 Å². The summed E-state index contributed by atoms with van der Waals surface area (Å²) in [5.41, 5.74) is -0.956. The monoisotopic (exact) mass is 498 g/mol. The van der Waals surface area contributed by atoms with Crippen LogP contribution in [0.1, 0.15) is 32.1 Å². The SMILES string of the molecule is COCCO[C@@]1(C(=O)O)C[C@@H](C(C)(C)C)CN(Cc2cnc(-c3ccccc3OC(F)F)s2)C1. The summed E-state index contributed by atoms with van der Waals surface area (Å²) in [6.07, 6.45) is 2.12. The molecule has 0 unspecified atom stereocenters. The first-order chi connectivity index (χ1) is 16.0. The Morgan fingerprint density at radius 3 is 2.71 bits per heavy atom. The van der Waals surface area contributed by atoms with Crippen molar-refractivity contribution < 1.29 is 32.9 Å². The lowest BCUT2D eigenvalue weighted by molar-refractivity contribution is -0.183. The van der Waals surface area contributed by atoms with Crippen molar-refractivity contribution in [1.82, 2.24) is 9.88 Å². The molecule has 1 aromatic carbocycles. The average molecular weight is 499 g/mol. The third-order valence-electron chi connectivity index (χ3n) is 6.08. The van der Waals surface area contributed by atoms with Crippen LogP contribution >= 0.6 is 11.3 Å². The van der Waals surface area contributed by atoms with E-state index < -0.39 is 18.2 Å². The maximum absolute atomic E-state index is 12.8.